The highest BCUT2D eigenvalue weighted by Crippen LogP contribution is 2.39. The number of nitrogens with one attached hydrogen (secondary N) is 1. The second kappa shape index (κ2) is 5.75. The molecule has 2 aromatic carbocycles. The molecule has 6 heteroatoms. The first kappa shape index (κ1) is 14.9. The lowest BCUT2D eigenvalue weighted by molar-refractivity contribution is 0.632. The first-order chi connectivity index (χ1) is 11.7. The number of fused-ring (bicyclic) bond motifs is 3. The van der Waals surface area contributed by atoms with Gasteiger partial charge in [0.05, 0.1) is 27.2 Å². The fourth-order valence-electron chi connectivity index (χ4n) is 2.58. The minimum absolute atomic E-state index is 0.265. The monoisotopic (exact) mass is 353 g/mol. The molecule has 0 aliphatic heterocycles. The van der Waals surface area contributed by atoms with Gasteiger partial charge in [-0.25, -0.2) is 4.39 Å². The fraction of sp³-hybridized carbons (Fsp3) is 0. The number of nitrogens with zero attached hydrogens (tertiary/aromatic N) is 2. The van der Waals surface area contributed by atoms with Crippen molar-refractivity contribution in [2.45, 2.75) is 0 Å². The standard InChI is InChI=1S/C18H9ClFN3S/c19-11-5-6-14(13(20)7-11)23-16-10(8-21)9-22-17-12-3-1-2-4-15(12)24-18(16)17/h1-7,9H,(H,22,23). The Morgan fingerprint density at radius 1 is 1.21 bits per heavy atom. The maximum atomic E-state index is 14.1. The molecule has 0 atom stereocenters. The molecule has 2 aromatic heterocycles. The summed E-state index contributed by atoms with van der Waals surface area (Å²) in [6, 6.07) is 14.4. The van der Waals surface area contributed by atoms with E-state index in [1.807, 2.05) is 24.3 Å². The number of rotatable bonds is 2. The summed E-state index contributed by atoms with van der Waals surface area (Å²) in [5.41, 5.74) is 1.99. The maximum Gasteiger partial charge on any atom is 0.148 e. The molecule has 4 rings (SSSR count). The third-order valence-electron chi connectivity index (χ3n) is 3.70. The van der Waals surface area contributed by atoms with Gasteiger partial charge in [0.1, 0.15) is 11.9 Å². The summed E-state index contributed by atoms with van der Waals surface area (Å²) in [4.78, 5) is 4.41. The fourth-order valence-corrected chi connectivity index (χ4v) is 3.90. The van der Waals surface area contributed by atoms with Gasteiger partial charge in [0.15, 0.2) is 0 Å². The minimum Gasteiger partial charge on any atom is -0.351 e. The number of thiophene rings is 1. The minimum atomic E-state index is -0.475. The highest BCUT2D eigenvalue weighted by molar-refractivity contribution is 7.26. The van der Waals surface area contributed by atoms with E-state index in [0.29, 0.717) is 16.3 Å². The van der Waals surface area contributed by atoms with Gasteiger partial charge < -0.3 is 5.32 Å². The first-order valence-electron chi connectivity index (χ1n) is 7.10. The topological polar surface area (TPSA) is 48.7 Å². The number of halogens is 2. The van der Waals surface area contributed by atoms with Crippen LogP contribution in [0.4, 0.5) is 15.8 Å². The lowest BCUT2D eigenvalue weighted by atomic mass is 10.1. The summed E-state index contributed by atoms with van der Waals surface area (Å²) >= 11 is 7.32. The third kappa shape index (κ3) is 2.37. The van der Waals surface area contributed by atoms with Crippen molar-refractivity contribution >= 4 is 54.6 Å². The smallest absolute Gasteiger partial charge is 0.148 e. The molecule has 116 valence electrons. The van der Waals surface area contributed by atoms with Crippen LogP contribution in [0.2, 0.25) is 5.02 Å². The highest BCUT2D eigenvalue weighted by atomic mass is 35.5. The van der Waals surface area contributed by atoms with Gasteiger partial charge >= 0.3 is 0 Å². The summed E-state index contributed by atoms with van der Waals surface area (Å²) in [7, 11) is 0. The van der Waals surface area contributed by atoms with Crippen molar-refractivity contribution in [2.24, 2.45) is 0 Å². The third-order valence-corrected chi connectivity index (χ3v) is 5.11. The van der Waals surface area contributed by atoms with Crippen LogP contribution < -0.4 is 5.32 Å². The molecular weight excluding hydrogens is 345 g/mol. The van der Waals surface area contributed by atoms with Gasteiger partial charge in [-0.2, -0.15) is 5.26 Å². The average molecular weight is 354 g/mol. The van der Waals surface area contributed by atoms with Crippen molar-refractivity contribution in [1.29, 1.82) is 5.26 Å². The maximum absolute atomic E-state index is 14.1. The van der Waals surface area contributed by atoms with Gasteiger partial charge in [0.25, 0.3) is 0 Å². The molecule has 0 unspecified atom stereocenters. The molecule has 1 N–H and O–H groups in total. The zero-order chi connectivity index (χ0) is 16.7. The Hall–Kier alpha value is -2.68. The number of pyridine rings is 1. The van der Waals surface area contributed by atoms with Crippen molar-refractivity contribution in [3.8, 4) is 6.07 Å². The predicted octanol–water partition coefficient (Wildman–Crippen LogP) is 5.86. The van der Waals surface area contributed by atoms with Crippen molar-refractivity contribution in [3.05, 3.63) is 65.1 Å². The molecule has 0 saturated carbocycles. The molecule has 4 aromatic rings. The van der Waals surface area contributed by atoms with Crippen molar-refractivity contribution in [2.75, 3.05) is 5.32 Å². The molecule has 0 amide bonds. The molecule has 0 radical (unpaired) electrons. The van der Waals surface area contributed by atoms with Gasteiger partial charge in [-0.05, 0) is 24.3 Å². The molecule has 0 aliphatic carbocycles. The Morgan fingerprint density at radius 2 is 2.04 bits per heavy atom. The number of aromatic nitrogens is 1. The molecule has 0 aliphatic rings. The summed E-state index contributed by atoms with van der Waals surface area (Å²) in [6.45, 7) is 0. The summed E-state index contributed by atoms with van der Waals surface area (Å²) in [6.07, 6.45) is 1.51. The van der Waals surface area contributed by atoms with Crippen LogP contribution in [0.3, 0.4) is 0 Å². The van der Waals surface area contributed by atoms with Gasteiger partial charge in [-0.15, -0.1) is 11.3 Å². The first-order valence-corrected chi connectivity index (χ1v) is 8.29. The lowest BCUT2D eigenvalue weighted by Gasteiger charge is -2.10. The van der Waals surface area contributed by atoms with Crippen LogP contribution >= 0.6 is 22.9 Å². The summed E-state index contributed by atoms with van der Waals surface area (Å²) < 4.78 is 16.0. The van der Waals surface area contributed by atoms with Gasteiger partial charge in [0.2, 0.25) is 0 Å². The normalized spacial score (nSPS) is 10.9. The van der Waals surface area contributed by atoms with E-state index in [9.17, 15) is 9.65 Å². The molecule has 24 heavy (non-hydrogen) atoms. The van der Waals surface area contributed by atoms with Crippen molar-refractivity contribution in [1.82, 2.24) is 4.98 Å². The van der Waals surface area contributed by atoms with Gasteiger partial charge in [0, 0.05) is 21.3 Å². The Labute approximate surface area is 145 Å². The Kier molecular flexibility index (Phi) is 3.57. The zero-order valence-corrected chi connectivity index (χ0v) is 13.7. The molecule has 0 fully saturated rings. The van der Waals surface area contributed by atoms with Crippen LogP contribution in [0.15, 0.2) is 48.7 Å². The Morgan fingerprint density at radius 3 is 2.83 bits per heavy atom. The number of anilines is 2. The summed E-state index contributed by atoms with van der Waals surface area (Å²) in [5, 5.41) is 13.8. The molecule has 0 saturated heterocycles. The van der Waals surface area contributed by atoms with Crippen LogP contribution in [-0.4, -0.2) is 4.98 Å². The SMILES string of the molecule is N#Cc1cnc2c(sc3ccccc32)c1Nc1ccc(Cl)cc1F. The van der Waals surface area contributed by atoms with Crippen LogP contribution in [-0.2, 0) is 0 Å². The molecule has 0 bridgehead atoms. The van der Waals surface area contributed by atoms with Crippen molar-refractivity contribution in [3.63, 3.8) is 0 Å². The average Bonchev–Trinajstić information content (AvgIpc) is 2.96. The van der Waals surface area contributed by atoms with E-state index < -0.39 is 5.82 Å². The highest BCUT2D eigenvalue weighted by Gasteiger charge is 2.15. The van der Waals surface area contributed by atoms with Crippen LogP contribution in [0.5, 0.6) is 0 Å². The number of hydrogen-bond acceptors (Lipinski definition) is 4. The molecular formula is C18H9ClFN3S. The number of hydrogen-bond donors (Lipinski definition) is 1. The predicted molar refractivity (Wildman–Crippen MR) is 96.5 cm³/mol. The zero-order valence-electron chi connectivity index (χ0n) is 12.2. The van der Waals surface area contributed by atoms with E-state index in [1.54, 1.807) is 12.1 Å². The summed E-state index contributed by atoms with van der Waals surface area (Å²) in [5.74, 6) is -0.475. The van der Waals surface area contributed by atoms with E-state index in [-0.39, 0.29) is 5.69 Å². The lowest BCUT2D eigenvalue weighted by Crippen LogP contribution is -1.97. The van der Waals surface area contributed by atoms with Crippen LogP contribution in [0, 0.1) is 17.1 Å². The van der Waals surface area contributed by atoms with Gasteiger partial charge in [-0.1, -0.05) is 29.8 Å². The van der Waals surface area contributed by atoms with Crippen LogP contribution in [0.25, 0.3) is 20.3 Å². The number of nitriles is 1. The van der Waals surface area contributed by atoms with Gasteiger partial charge in [-0.3, -0.25) is 4.98 Å². The van der Waals surface area contributed by atoms with E-state index in [1.165, 1.54) is 23.6 Å². The van der Waals surface area contributed by atoms with E-state index >= 15 is 0 Å². The molecule has 3 nitrogen and oxygen atoms in total. The quantitative estimate of drug-likeness (QED) is 0.491. The molecule has 2 heterocycles. The van der Waals surface area contributed by atoms with E-state index in [0.717, 1.165) is 20.3 Å². The second-order valence-electron chi connectivity index (χ2n) is 5.18. The van der Waals surface area contributed by atoms with E-state index in [2.05, 4.69) is 16.4 Å². The Bertz CT molecular complexity index is 1130. The largest absolute Gasteiger partial charge is 0.351 e. The van der Waals surface area contributed by atoms with E-state index in [4.69, 9.17) is 11.6 Å². The Balaban J connectivity index is 1.97. The molecule has 0 spiro atoms. The second-order valence-corrected chi connectivity index (χ2v) is 6.67. The van der Waals surface area contributed by atoms with Crippen molar-refractivity contribution < 1.29 is 4.39 Å². The number of benzene rings is 2. The van der Waals surface area contributed by atoms with Crippen LogP contribution in [0.1, 0.15) is 5.56 Å².